The zero-order valence-corrected chi connectivity index (χ0v) is 3.05. The lowest BCUT2D eigenvalue weighted by molar-refractivity contribution is -0.123. The number of fused-ring (bicyclic) bond motifs is 1. The SMILES string of the molecule is O=C1CN2OC12. The van der Waals surface area contributed by atoms with Crippen LogP contribution in [0.2, 0.25) is 0 Å². The normalized spacial score (nSPS) is 50.3. The van der Waals surface area contributed by atoms with Gasteiger partial charge in [0.05, 0.1) is 6.54 Å². The van der Waals surface area contributed by atoms with E-state index in [-0.39, 0.29) is 12.0 Å². The molecular weight excluding hydrogens is 82.0 g/mol. The average molecular weight is 85.1 g/mol. The molecule has 2 saturated heterocycles. The van der Waals surface area contributed by atoms with Gasteiger partial charge < -0.3 is 0 Å². The summed E-state index contributed by atoms with van der Waals surface area (Å²) in [5.74, 6) is 0.218. The number of hydroxylamine groups is 2. The van der Waals surface area contributed by atoms with Crippen LogP contribution in [-0.4, -0.2) is 23.6 Å². The predicted octanol–water partition coefficient (Wildman–Crippen LogP) is -0.858. The van der Waals surface area contributed by atoms with E-state index in [0.29, 0.717) is 6.54 Å². The van der Waals surface area contributed by atoms with Gasteiger partial charge in [-0.25, -0.2) is 0 Å². The summed E-state index contributed by atoms with van der Waals surface area (Å²) in [7, 11) is 0. The lowest BCUT2D eigenvalue weighted by Crippen LogP contribution is -2.31. The van der Waals surface area contributed by atoms with E-state index in [4.69, 9.17) is 0 Å². The first-order chi connectivity index (χ1) is 2.88. The third kappa shape index (κ3) is 0.130. The number of hydrogen-bond acceptors (Lipinski definition) is 3. The Hall–Kier alpha value is -0.410. The van der Waals surface area contributed by atoms with Gasteiger partial charge in [-0.1, -0.05) is 0 Å². The molecule has 2 unspecified atom stereocenters. The van der Waals surface area contributed by atoms with Crippen LogP contribution in [0.5, 0.6) is 0 Å². The number of carbonyl (C=O) groups excluding carboxylic acids is 1. The maximum atomic E-state index is 10.1. The number of ketones is 1. The zero-order chi connectivity index (χ0) is 4.15. The molecule has 3 nitrogen and oxygen atoms in total. The molecule has 2 heterocycles. The molecule has 2 fully saturated rings. The lowest BCUT2D eigenvalue weighted by Gasteiger charge is -1.99. The molecule has 32 valence electrons. The van der Waals surface area contributed by atoms with Gasteiger partial charge in [0.15, 0.2) is 5.78 Å². The van der Waals surface area contributed by atoms with Gasteiger partial charge >= 0.3 is 0 Å². The highest BCUT2D eigenvalue weighted by Gasteiger charge is 2.54. The summed E-state index contributed by atoms with van der Waals surface area (Å²) >= 11 is 0. The van der Waals surface area contributed by atoms with E-state index < -0.39 is 0 Å². The van der Waals surface area contributed by atoms with Crippen LogP contribution >= 0.6 is 0 Å². The van der Waals surface area contributed by atoms with Gasteiger partial charge in [-0.2, -0.15) is 0 Å². The summed E-state index contributed by atoms with van der Waals surface area (Å²) in [4.78, 5) is 14.7. The van der Waals surface area contributed by atoms with Crippen molar-refractivity contribution >= 4 is 5.78 Å². The molecule has 0 spiro atoms. The fourth-order valence-corrected chi connectivity index (χ4v) is 0.560. The number of carbonyl (C=O) groups is 1. The summed E-state index contributed by atoms with van der Waals surface area (Å²) in [6, 6.07) is 0. The van der Waals surface area contributed by atoms with E-state index in [9.17, 15) is 4.79 Å². The minimum absolute atomic E-state index is 0.106. The molecular formula is C3H3NO2. The molecule has 0 bridgehead atoms. The molecule has 2 atom stereocenters. The summed E-state index contributed by atoms with van der Waals surface area (Å²) in [5.41, 5.74) is 0. The van der Waals surface area contributed by atoms with Crippen LogP contribution < -0.4 is 0 Å². The van der Waals surface area contributed by atoms with Crippen molar-refractivity contribution in [3.8, 4) is 0 Å². The Morgan fingerprint density at radius 1 is 2.00 bits per heavy atom. The molecule has 0 aromatic carbocycles. The first-order valence-electron chi connectivity index (χ1n) is 1.84. The minimum Gasteiger partial charge on any atom is -0.293 e. The first-order valence-corrected chi connectivity index (χ1v) is 1.84. The highest BCUT2D eigenvalue weighted by atomic mass is 16.9. The highest BCUT2D eigenvalue weighted by molar-refractivity contribution is 5.92. The van der Waals surface area contributed by atoms with Crippen LogP contribution in [0.25, 0.3) is 0 Å². The molecule has 0 aromatic heterocycles. The Morgan fingerprint density at radius 3 is 2.83 bits per heavy atom. The molecule has 0 saturated carbocycles. The maximum absolute atomic E-state index is 10.1. The van der Waals surface area contributed by atoms with Gasteiger partial charge in [0.2, 0.25) is 6.23 Å². The van der Waals surface area contributed by atoms with E-state index in [0.717, 1.165) is 0 Å². The topological polar surface area (TPSA) is 32.6 Å². The van der Waals surface area contributed by atoms with E-state index in [1.54, 1.807) is 5.06 Å². The maximum Gasteiger partial charge on any atom is 0.214 e. The second-order valence-electron chi connectivity index (χ2n) is 1.50. The van der Waals surface area contributed by atoms with E-state index in [2.05, 4.69) is 4.84 Å². The van der Waals surface area contributed by atoms with Crippen LogP contribution in [0, 0.1) is 0 Å². The third-order valence-corrected chi connectivity index (χ3v) is 1.04. The average Bonchev–Trinajstić information content (AvgIpc) is 2.12. The highest BCUT2D eigenvalue weighted by Crippen LogP contribution is 2.29. The monoisotopic (exact) mass is 85.0 g/mol. The molecule has 2 aliphatic heterocycles. The largest absolute Gasteiger partial charge is 0.293 e. The summed E-state index contributed by atoms with van der Waals surface area (Å²) < 4.78 is 0. The lowest BCUT2D eigenvalue weighted by atomic mass is 10.3. The third-order valence-electron chi connectivity index (χ3n) is 1.04. The number of nitrogens with zero attached hydrogens (tertiary/aromatic N) is 1. The Labute approximate surface area is 34.4 Å². The van der Waals surface area contributed by atoms with E-state index in [1.807, 2.05) is 0 Å². The van der Waals surface area contributed by atoms with Gasteiger partial charge in [0, 0.05) is 0 Å². The fourth-order valence-electron chi connectivity index (χ4n) is 0.560. The zero-order valence-electron chi connectivity index (χ0n) is 3.05. The molecule has 0 radical (unpaired) electrons. The van der Waals surface area contributed by atoms with Gasteiger partial charge in [0.1, 0.15) is 0 Å². The molecule has 0 amide bonds. The van der Waals surface area contributed by atoms with E-state index in [1.165, 1.54) is 0 Å². The second-order valence-corrected chi connectivity index (χ2v) is 1.50. The van der Waals surface area contributed by atoms with Crippen molar-refractivity contribution in [2.24, 2.45) is 0 Å². The van der Waals surface area contributed by atoms with Crippen LogP contribution in [0.3, 0.4) is 0 Å². The Morgan fingerprint density at radius 2 is 2.83 bits per heavy atom. The summed E-state index contributed by atoms with van der Waals surface area (Å²) in [6.45, 7) is 0.519. The molecule has 0 aromatic rings. The minimum atomic E-state index is -0.106. The van der Waals surface area contributed by atoms with Crippen molar-refractivity contribution < 1.29 is 9.63 Å². The van der Waals surface area contributed by atoms with Crippen molar-refractivity contribution in [2.75, 3.05) is 6.54 Å². The predicted molar refractivity (Wildman–Crippen MR) is 16.6 cm³/mol. The standard InChI is InChI=1S/C3H3NO2/c5-2-1-4-3(2)6-4/h3H,1H2. The Balaban J connectivity index is 2.26. The Bertz CT molecular complexity index is 111. The molecule has 2 aliphatic rings. The van der Waals surface area contributed by atoms with Crippen molar-refractivity contribution in [2.45, 2.75) is 6.23 Å². The van der Waals surface area contributed by atoms with Crippen molar-refractivity contribution in [1.29, 1.82) is 0 Å². The summed E-state index contributed by atoms with van der Waals surface area (Å²) in [6.07, 6.45) is -0.106. The van der Waals surface area contributed by atoms with Crippen LogP contribution in [-0.2, 0) is 9.63 Å². The van der Waals surface area contributed by atoms with Crippen molar-refractivity contribution in [3.63, 3.8) is 0 Å². The number of rotatable bonds is 0. The van der Waals surface area contributed by atoms with Gasteiger partial charge in [0.25, 0.3) is 0 Å². The quantitative estimate of drug-likeness (QED) is 0.359. The van der Waals surface area contributed by atoms with Crippen molar-refractivity contribution in [3.05, 3.63) is 0 Å². The molecule has 0 N–H and O–H groups in total. The smallest absolute Gasteiger partial charge is 0.214 e. The van der Waals surface area contributed by atoms with Gasteiger partial charge in [-0.3, -0.25) is 9.63 Å². The van der Waals surface area contributed by atoms with E-state index >= 15 is 0 Å². The van der Waals surface area contributed by atoms with Crippen molar-refractivity contribution in [1.82, 2.24) is 5.06 Å². The van der Waals surface area contributed by atoms with Crippen LogP contribution in [0.1, 0.15) is 0 Å². The molecule has 0 aliphatic carbocycles. The Kier molecular flexibility index (Phi) is 0.238. The fraction of sp³-hybridized carbons (Fsp3) is 0.667. The molecule has 3 heteroatoms. The van der Waals surface area contributed by atoms with Gasteiger partial charge in [-0.05, 0) is 0 Å². The summed E-state index contributed by atoms with van der Waals surface area (Å²) in [5, 5.41) is 1.64. The second kappa shape index (κ2) is 0.527. The first kappa shape index (κ1) is 2.71. The van der Waals surface area contributed by atoms with Crippen LogP contribution in [0.4, 0.5) is 0 Å². The molecule has 2 rings (SSSR count). The van der Waals surface area contributed by atoms with Crippen LogP contribution in [0.15, 0.2) is 0 Å². The number of hydrogen-bond donors (Lipinski definition) is 0. The molecule has 6 heavy (non-hydrogen) atoms. The number of Topliss-reactive ketones (excluding diaryl/α,β-unsaturated/α-hetero) is 1. The van der Waals surface area contributed by atoms with Gasteiger partial charge in [-0.15, -0.1) is 5.06 Å².